The minimum Gasteiger partial charge on any atom is -0.465 e. The molecule has 0 unspecified atom stereocenters. The zero-order valence-electron chi connectivity index (χ0n) is 13.8. The molecule has 0 atom stereocenters. The molecule has 122 valence electrons. The highest BCUT2D eigenvalue weighted by molar-refractivity contribution is 5.90. The van der Waals surface area contributed by atoms with Crippen LogP contribution in [0, 0.1) is 6.92 Å². The van der Waals surface area contributed by atoms with Gasteiger partial charge in [0.1, 0.15) is 0 Å². The quantitative estimate of drug-likeness (QED) is 0.678. The third kappa shape index (κ3) is 3.35. The zero-order chi connectivity index (χ0) is 16.9. The van der Waals surface area contributed by atoms with Gasteiger partial charge in [0.2, 0.25) is 0 Å². The molecular formula is C19H19N3O2. The van der Waals surface area contributed by atoms with Crippen LogP contribution in [0.3, 0.4) is 0 Å². The van der Waals surface area contributed by atoms with Crippen molar-refractivity contribution in [2.75, 3.05) is 7.11 Å². The molecule has 1 aromatic carbocycles. The minimum absolute atomic E-state index is 0.346. The molecule has 0 aliphatic heterocycles. The van der Waals surface area contributed by atoms with Crippen molar-refractivity contribution in [3.63, 3.8) is 0 Å². The second kappa shape index (κ2) is 7.08. The van der Waals surface area contributed by atoms with Gasteiger partial charge in [0.15, 0.2) is 0 Å². The van der Waals surface area contributed by atoms with Gasteiger partial charge in [-0.2, -0.15) is 5.10 Å². The first kappa shape index (κ1) is 15.9. The van der Waals surface area contributed by atoms with Gasteiger partial charge in [0, 0.05) is 24.5 Å². The van der Waals surface area contributed by atoms with Crippen LogP contribution in [0.5, 0.6) is 0 Å². The molecule has 5 heteroatoms. The van der Waals surface area contributed by atoms with E-state index in [0.717, 1.165) is 23.4 Å². The molecule has 24 heavy (non-hydrogen) atoms. The van der Waals surface area contributed by atoms with Gasteiger partial charge in [-0.25, -0.2) is 4.79 Å². The smallest absolute Gasteiger partial charge is 0.338 e. The number of hydrogen-bond donors (Lipinski definition) is 0. The lowest BCUT2D eigenvalue weighted by Crippen LogP contribution is -2.07. The van der Waals surface area contributed by atoms with Crippen molar-refractivity contribution in [2.45, 2.75) is 19.9 Å². The fourth-order valence-corrected chi connectivity index (χ4v) is 2.66. The number of nitrogens with zero attached hydrogens (tertiary/aromatic N) is 3. The van der Waals surface area contributed by atoms with E-state index in [1.54, 1.807) is 18.5 Å². The second-order valence-corrected chi connectivity index (χ2v) is 5.60. The zero-order valence-corrected chi connectivity index (χ0v) is 13.8. The van der Waals surface area contributed by atoms with Crippen molar-refractivity contribution in [3.8, 4) is 0 Å². The number of pyridine rings is 1. The fourth-order valence-electron chi connectivity index (χ4n) is 2.66. The molecule has 0 saturated carbocycles. The van der Waals surface area contributed by atoms with E-state index >= 15 is 0 Å². The highest BCUT2D eigenvalue weighted by Gasteiger charge is 2.14. The van der Waals surface area contributed by atoms with Crippen molar-refractivity contribution in [1.82, 2.24) is 14.8 Å². The lowest BCUT2D eigenvalue weighted by Gasteiger charge is -2.08. The Balaban J connectivity index is 1.84. The van der Waals surface area contributed by atoms with Crippen LogP contribution in [0.15, 0.2) is 55.0 Å². The Labute approximate surface area is 140 Å². The third-order valence-electron chi connectivity index (χ3n) is 4.07. The summed E-state index contributed by atoms with van der Waals surface area (Å²) in [5.74, 6) is -0.346. The molecule has 0 aliphatic rings. The first-order valence-corrected chi connectivity index (χ1v) is 7.75. The predicted molar refractivity (Wildman–Crippen MR) is 90.9 cm³/mol. The number of esters is 1. The number of carbonyl (C=O) groups is 1. The van der Waals surface area contributed by atoms with E-state index in [0.29, 0.717) is 12.0 Å². The lowest BCUT2D eigenvalue weighted by molar-refractivity contribution is 0.0599. The molecule has 0 saturated heterocycles. The number of benzene rings is 1. The normalized spacial score (nSPS) is 10.6. The van der Waals surface area contributed by atoms with Crippen molar-refractivity contribution in [2.24, 2.45) is 0 Å². The largest absolute Gasteiger partial charge is 0.465 e. The van der Waals surface area contributed by atoms with Gasteiger partial charge in [-0.1, -0.05) is 30.3 Å². The van der Waals surface area contributed by atoms with Gasteiger partial charge in [-0.3, -0.25) is 9.67 Å². The molecule has 3 aromatic rings. The molecule has 2 aromatic heterocycles. The molecule has 0 aliphatic carbocycles. The summed E-state index contributed by atoms with van der Waals surface area (Å²) >= 11 is 0. The van der Waals surface area contributed by atoms with Crippen molar-refractivity contribution in [1.29, 1.82) is 0 Å². The number of aromatic nitrogens is 3. The predicted octanol–water partition coefficient (Wildman–Crippen LogP) is 3.01. The van der Waals surface area contributed by atoms with Gasteiger partial charge < -0.3 is 4.74 Å². The monoisotopic (exact) mass is 321 g/mol. The first-order chi connectivity index (χ1) is 11.7. The van der Waals surface area contributed by atoms with Gasteiger partial charge in [0.05, 0.1) is 25.4 Å². The number of carbonyl (C=O) groups excluding carboxylic acids is 1. The van der Waals surface area contributed by atoms with E-state index in [-0.39, 0.29) is 5.97 Å². The molecule has 0 N–H and O–H groups in total. The topological polar surface area (TPSA) is 57.0 Å². The summed E-state index contributed by atoms with van der Waals surface area (Å²) in [6.07, 6.45) is 5.76. The Bertz CT molecular complexity index is 841. The van der Waals surface area contributed by atoms with Crippen LogP contribution in [0.25, 0.3) is 0 Å². The van der Waals surface area contributed by atoms with E-state index in [2.05, 4.69) is 22.2 Å². The highest BCUT2D eigenvalue weighted by Crippen LogP contribution is 2.18. The lowest BCUT2D eigenvalue weighted by atomic mass is 10.0. The summed E-state index contributed by atoms with van der Waals surface area (Å²) in [5, 5.41) is 4.48. The number of methoxy groups -OCH3 is 1. The molecule has 5 nitrogen and oxygen atoms in total. The van der Waals surface area contributed by atoms with Crippen LogP contribution in [0.2, 0.25) is 0 Å². The van der Waals surface area contributed by atoms with E-state index in [9.17, 15) is 4.79 Å². The van der Waals surface area contributed by atoms with E-state index in [4.69, 9.17) is 4.74 Å². The van der Waals surface area contributed by atoms with Gasteiger partial charge in [0.25, 0.3) is 0 Å². The van der Waals surface area contributed by atoms with Crippen LogP contribution >= 0.6 is 0 Å². The summed E-state index contributed by atoms with van der Waals surface area (Å²) < 4.78 is 6.81. The Morgan fingerprint density at radius 1 is 1.12 bits per heavy atom. The Kier molecular flexibility index (Phi) is 4.70. The minimum atomic E-state index is -0.346. The molecule has 2 heterocycles. The van der Waals surface area contributed by atoms with Crippen molar-refractivity contribution >= 4 is 5.97 Å². The fraction of sp³-hybridized carbons (Fsp3) is 0.211. The van der Waals surface area contributed by atoms with E-state index in [1.807, 2.05) is 36.0 Å². The van der Waals surface area contributed by atoms with Gasteiger partial charge >= 0.3 is 5.97 Å². The van der Waals surface area contributed by atoms with Crippen LogP contribution in [-0.4, -0.2) is 27.8 Å². The van der Waals surface area contributed by atoms with E-state index < -0.39 is 0 Å². The Morgan fingerprint density at radius 3 is 2.67 bits per heavy atom. The standard InChI is InChI=1S/C19H19N3O2/c1-14-16(10-17-11-20-9-8-18(17)19(23)24-2)12-21-22(14)13-15-6-4-3-5-7-15/h3-9,11-12H,10,13H2,1-2H3. The number of rotatable bonds is 5. The Morgan fingerprint density at radius 2 is 1.92 bits per heavy atom. The van der Waals surface area contributed by atoms with Crippen LogP contribution in [-0.2, 0) is 17.7 Å². The van der Waals surface area contributed by atoms with Crippen LogP contribution in [0.1, 0.15) is 32.7 Å². The van der Waals surface area contributed by atoms with Crippen LogP contribution in [0.4, 0.5) is 0 Å². The molecule has 0 radical (unpaired) electrons. The SMILES string of the molecule is COC(=O)c1ccncc1Cc1cnn(Cc2ccccc2)c1C. The summed E-state index contributed by atoms with van der Waals surface area (Å²) in [4.78, 5) is 16.0. The summed E-state index contributed by atoms with van der Waals surface area (Å²) in [6.45, 7) is 2.77. The summed E-state index contributed by atoms with van der Waals surface area (Å²) in [5.41, 5.74) is 4.74. The molecule has 0 fully saturated rings. The van der Waals surface area contributed by atoms with Crippen molar-refractivity contribution < 1.29 is 9.53 Å². The number of ether oxygens (including phenoxy) is 1. The molecule has 0 amide bonds. The maximum absolute atomic E-state index is 11.9. The molecule has 0 bridgehead atoms. The average Bonchev–Trinajstić information content (AvgIpc) is 2.96. The maximum Gasteiger partial charge on any atom is 0.338 e. The number of hydrogen-bond acceptors (Lipinski definition) is 4. The average molecular weight is 321 g/mol. The van der Waals surface area contributed by atoms with E-state index in [1.165, 1.54) is 12.7 Å². The molecular weight excluding hydrogens is 302 g/mol. The first-order valence-electron chi connectivity index (χ1n) is 7.75. The molecule has 0 spiro atoms. The van der Waals surface area contributed by atoms with Gasteiger partial charge in [-0.05, 0) is 29.7 Å². The summed E-state index contributed by atoms with van der Waals surface area (Å²) in [7, 11) is 1.38. The Hall–Kier alpha value is -2.95. The van der Waals surface area contributed by atoms with Crippen molar-refractivity contribution in [3.05, 3.63) is 82.9 Å². The van der Waals surface area contributed by atoms with Crippen LogP contribution < -0.4 is 0 Å². The second-order valence-electron chi connectivity index (χ2n) is 5.60. The molecule has 3 rings (SSSR count). The highest BCUT2D eigenvalue weighted by atomic mass is 16.5. The maximum atomic E-state index is 11.9. The third-order valence-corrected chi connectivity index (χ3v) is 4.07. The summed E-state index contributed by atoms with van der Waals surface area (Å²) in [6, 6.07) is 11.9. The van der Waals surface area contributed by atoms with Gasteiger partial charge in [-0.15, -0.1) is 0 Å².